The fourth-order valence-corrected chi connectivity index (χ4v) is 2.28. The van der Waals surface area contributed by atoms with Gasteiger partial charge in [0.15, 0.2) is 0 Å². The van der Waals surface area contributed by atoms with Crippen LogP contribution < -0.4 is 0 Å². The molecule has 3 nitrogen and oxygen atoms in total. The molecule has 0 spiro atoms. The zero-order valence-electron chi connectivity index (χ0n) is 9.26. The highest BCUT2D eigenvalue weighted by Gasteiger charge is 2.09. The fourth-order valence-electron chi connectivity index (χ4n) is 1.93. The van der Waals surface area contributed by atoms with Crippen molar-refractivity contribution in [1.82, 2.24) is 14.5 Å². The lowest BCUT2D eigenvalue weighted by molar-refractivity contribution is 0.958. The number of imidazole rings is 1. The lowest BCUT2D eigenvalue weighted by atomic mass is 10.2. The van der Waals surface area contributed by atoms with Crippen LogP contribution in [-0.4, -0.2) is 14.5 Å². The number of nitrogens with zero attached hydrogens (tertiary/aromatic N) is 3. The lowest BCUT2D eigenvalue weighted by Gasteiger charge is -2.01. The van der Waals surface area contributed by atoms with E-state index in [-0.39, 0.29) is 0 Å². The van der Waals surface area contributed by atoms with Gasteiger partial charge in [-0.2, -0.15) is 0 Å². The van der Waals surface area contributed by atoms with Gasteiger partial charge in [0.05, 0.1) is 11.0 Å². The first-order valence-electron chi connectivity index (χ1n) is 5.28. The summed E-state index contributed by atoms with van der Waals surface area (Å²) in [5.41, 5.74) is 3.20. The molecule has 0 aliphatic heterocycles. The van der Waals surface area contributed by atoms with Gasteiger partial charge in [0.2, 0.25) is 0 Å². The van der Waals surface area contributed by atoms with Crippen LogP contribution in [0.4, 0.5) is 0 Å². The first-order chi connectivity index (χ1) is 8.25. The average Bonchev–Trinajstić information content (AvgIpc) is 2.67. The summed E-state index contributed by atoms with van der Waals surface area (Å²) in [6.45, 7) is 0. The Hall–Kier alpha value is -1.68. The Morgan fingerprint density at radius 3 is 2.65 bits per heavy atom. The first-order valence-corrected chi connectivity index (χ1v) is 6.07. The average molecular weight is 288 g/mol. The summed E-state index contributed by atoms with van der Waals surface area (Å²) in [6.07, 6.45) is 3.56. The van der Waals surface area contributed by atoms with E-state index in [0.29, 0.717) is 0 Å². The molecule has 17 heavy (non-hydrogen) atoms. The fraction of sp³-hybridized carbons (Fsp3) is 0.0769. The molecule has 0 aliphatic rings. The molecule has 2 aromatic heterocycles. The Bertz CT molecular complexity index is 674. The minimum atomic E-state index is 0.959. The molecule has 0 bridgehead atoms. The van der Waals surface area contributed by atoms with Crippen LogP contribution in [0.1, 0.15) is 0 Å². The highest BCUT2D eigenvalue weighted by Crippen LogP contribution is 2.25. The summed E-state index contributed by atoms with van der Waals surface area (Å²) < 4.78 is 3.14. The summed E-state index contributed by atoms with van der Waals surface area (Å²) >= 11 is 3.46. The van der Waals surface area contributed by atoms with Gasteiger partial charge in [0.25, 0.3) is 0 Å². The molecule has 0 N–H and O–H groups in total. The van der Waals surface area contributed by atoms with Crippen LogP contribution in [-0.2, 0) is 7.05 Å². The van der Waals surface area contributed by atoms with Gasteiger partial charge in [-0.15, -0.1) is 0 Å². The second-order valence-electron chi connectivity index (χ2n) is 3.86. The Balaban J connectivity index is 2.28. The van der Waals surface area contributed by atoms with E-state index in [9.17, 15) is 0 Å². The Labute approximate surface area is 107 Å². The van der Waals surface area contributed by atoms with E-state index in [2.05, 4.69) is 36.5 Å². The van der Waals surface area contributed by atoms with Crippen molar-refractivity contribution in [3.05, 3.63) is 47.2 Å². The van der Waals surface area contributed by atoms with Crippen molar-refractivity contribution >= 4 is 27.0 Å². The van der Waals surface area contributed by atoms with E-state index in [1.807, 2.05) is 31.3 Å². The van der Waals surface area contributed by atoms with Crippen molar-refractivity contribution in [2.45, 2.75) is 0 Å². The third-order valence-electron chi connectivity index (χ3n) is 2.78. The summed E-state index contributed by atoms with van der Waals surface area (Å²) in [5, 5.41) is 0. The van der Waals surface area contributed by atoms with Crippen LogP contribution in [0, 0.1) is 0 Å². The highest BCUT2D eigenvalue weighted by molar-refractivity contribution is 9.10. The molecule has 0 atom stereocenters. The summed E-state index contributed by atoms with van der Waals surface area (Å²) in [4.78, 5) is 8.67. The number of hydrogen-bond donors (Lipinski definition) is 0. The second-order valence-corrected chi connectivity index (χ2v) is 4.78. The van der Waals surface area contributed by atoms with Crippen LogP contribution in [0.3, 0.4) is 0 Å². The first kappa shape index (κ1) is 10.5. The van der Waals surface area contributed by atoms with Gasteiger partial charge >= 0.3 is 0 Å². The van der Waals surface area contributed by atoms with Crippen molar-refractivity contribution in [3.63, 3.8) is 0 Å². The third kappa shape index (κ3) is 1.74. The third-order valence-corrected chi connectivity index (χ3v) is 3.27. The summed E-state index contributed by atoms with van der Waals surface area (Å²) in [5.74, 6) is 0.959. The monoisotopic (exact) mass is 287 g/mol. The Kier molecular flexibility index (Phi) is 2.44. The summed E-state index contributed by atoms with van der Waals surface area (Å²) in [6, 6.07) is 10.1. The maximum Gasteiger partial charge on any atom is 0.140 e. The van der Waals surface area contributed by atoms with E-state index >= 15 is 0 Å². The van der Waals surface area contributed by atoms with Crippen LogP contribution in [0.25, 0.3) is 22.4 Å². The number of fused-ring (bicyclic) bond motifs is 1. The number of halogens is 1. The zero-order chi connectivity index (χ0) is 11.8. The summed E-state index contributed by atoms with van der Waals surface area (Å²) in [7, 11) is 2.03. The number of aromatic nitrogens is 3. The van der Waals surface area contributed by atoms with Crippen LogP contribution in [0.15, 0.2) is 47.2 Å². The van der Waals surface area contributed by atoms with Gasteiger partial charge in [-0.05, 0) is 30.3 Å². The SMILES string of the molecule is Cn1c(-c2ccncc2)nc2cc(Br)ccc21. The van der Waals surface area contributed by atoms with Crippen molar-refractivity contribution < 1.29 is 0 Å². The van der Waals surface area contributed by atoms with Gasteiger partial charge in [-0.25, -0.2) is 4.98 Å². The number of aryl methyl sites for hydroxylation is 1. The Morgan fingerprint density at radius 2 is 1.88 bits per heavy atom. The molecule has 84 valence electrons. The number of hydrogen-bond acceptors (Lipinski definition) is 2. The standard InChI is InChI=1S/C13H10BrN3/c1-17-12-3-2-10(14)8-11(12)16-13(17)9-4-6-15-7-5-9/h2-8H,1H3. The second kappa shape index (κ2) is 3.96. The maximum atomic E-state index is 4.65. The van der Waals surface area contributed by atoms with Gasteiger partial charge in [-0.1, -0.05) is 15.9 Å². The molecule has 0 fully saturated rings. The molecule has 0 saturated heterocycles. The van der Waals surface area contributed by atoms with Crippen molar-refractivity contribution in [2.75, 3.05) is 0 Å². The molecule has 0 amide bonds. The zero-order valence-corrected chi connectivity index (χ0v) is 10.8. The van der Waals surface area contributed by atoms with Gasteiger partial charge in [0, 0.05) is 29.5 Å². The highest BCUT2D eigenvalue weighted by atomic mass is 79.9. The smallest absolute Gasteiger partial charge is 0.140 e. The minimum absolute atomic E-state index is 0.959. The molecular weight excluding hydrogens is 278 g/mol. The van der Waals surface area contributed by atoms with Crippen molar-refractivity contribution in [3.8, 4) is 11.4 Å². The molecular formula is C13H10BrN3. The predicted octanol–water partition coefficient (Wildman–Crippen LogP) is 3.40. The van der Waals surface area contributed by atoms with Crippen molar-refractivity contribution in [1.29, 1.82) is 0 Å². The van der Waals surface area contributed by atoms with Crippen molar-refractivity contribution in [2.24, 2.45) is 7.05 Å². The largest absolute Gasteiger partial charge is 0.327 e. The van der Waals surface area contributed by atoms with E-state index in [0.717, 1.165) is 26.9 Å². The molecule has 3 rings (SSSR count). The number of pyridine rings is 1. The van der Waals surface area contributed by atoms with E-state index in [1.54, 1.807) is 12.4 Å². The van der Waals surface area contributed by atoms with Crippen LogP contribution in [0.5, 0.6) is 0 Å². The van der Waals surface area contributed by atoms with Crippen LogP contribution >= 0.6 is 15.9 Å². The lowest BCUT2D eigenvalue weighted by Crippen LogP contribution is -1.92. The van der Waals surface area contributed by atoms with E-state index in [1.165, 1.54) is 0 Å². The molecule has 2 heterocycles. The molecule has 0 aliphatic carbocycles. The normalized spacial score (nSPS) is 10.9. The molecule has 4 heteroatoms. The van der Waals surface area contributed by atoms with E-state index in [4.69, 9.17) is 0 Å². The molecule has 0 unspecified atom stereocenters. The molecule has 3 aromatic rings. The van der Waals surface area contributed by atoms with E-state index < -0.39 is 0 Å². The maximum absolute atomic E-state index is 4.65. The quantitative estimate of drug-likeness (QED) is 0.687. The number of rotatable bonds is 1. The minimum Gasteiger partial charge on any atom is -0.327 e. The van der Waals surface area contributed by atoms with Gasteiger partial charge in [0.1, 0.15) is 5.82 Å². The Morgan fingerprint density at radius 1 is 1.12 bits per heavy atom. The number of benzene rings is 1. The molecule has 0 radical (unpaired) electrons. The van der Waals surface area contributed by atoms with Gasteiger partial charge in [-0.3, -0.25) is 4.98 Å². The predicted molar refractivity (Wildman–Crippen MR) is 71.6 cm³/mol. The van der Waals surface area contributed by atoms with Gasteiger partial charge < -0.3 is 4.57 Å². The molecule has 1 aromatic carbocycles. The topological polar surface area (TPSA) is 30.7 Å². The molecule has 0 saturated carbocycles. The van der Waals surface area contributed by atoms with Crippen LogP contribution in [0.2, 0.25) is 0 Å².